The number of hydrogen-bond donors (Lipinski definition) is 0. The van der Waals surface area contributed by atoms with Gasteiger partial charge < -0.3 is 9.47 Å². The molecule has 4 rings (SSSR count). The zero-order chi connectivity index (χ0) is 16.7. The summed E-state index contributed by atoms with van der Waals surface area (Å²) >= 11 is 10.2. The second kappa shape index (κ2) is 6.75. The molecule has 2 aromatic rings. The molecular formula is C19H19BrClNO2. The second-order valence-corrected chi connectivity index (χ2v) is 7.67. The number of ether oxygens (including phenoxy) is 2. The van der Waals surface area contributed by atoms with Gasteiger partial charge in [0.05, 0.1) is 23.9 Å². The molecule has 126 valence electrons. The van der Waals surface area contributed by atoms with Crippen LogP contribution in [0, 0.1) is 6.92 Å². The standard InChI is InChI=1S/C19H19BrClNO2/c1-11-15(19-23-7-8-24-19)10-17(21)18(22-11)9-12-5-6-14-13(12)3-2-4-16(14)20/h2-4,10,12,19H,5-9H2,1H3. The second-order valence-electron chi connectivity index (χ2n) is 6.41. The molecule has 24 heavy (non-hydrogen) atoms. The molecule has 1 fully saturated rings. The van der Waals surface area contributed by atoms with Gasteiger partial charge in [-0.2, -0.15) is 0 Å². The first kappa shape index (κ1) is 16.5. The first-order chi connectivity index (χ1) is 11.6. The normalized spacial score (nSPS) is 20.5. The van der Waals surface area contributed by atoms with Gasteiger partial charge in [-0.15, -0.1) is 0 Å². The van der Waals surface area contributed by atoms with Crippen molar-refractivity contribution in [2.75, 3.05) is 13.2 Å². The zero-order valence-electron chi connectivity index (χ0n) is 13.5. The van der Waals surface area contributed by atoms with Gasteiger partial charge in [-0.1, -0.05) is 39.7 Å². The lowest BCUT2D eigenvalue weighted by Crippen LogP contribution is -2.07. The maximum absolute atomic E-state index is 6.53. The van der Waals surface area contributed by atoms with E-state index in [1.54, 1.807) is 0 Å². The maximum atomic E-state index is 6.53. The quantitative estimate of drug-likeness (QED) is 0.706. The van der Waals surface area contributed by atoms with Gasteiger partial charge in [-0.3, -0.25) is 4.98 Å². The van der Waals surface area contributed by atoms with E-state index in [2.05, 4.69) is 34.1 Å². The van der Waals surface area contributed by atoms with Crippen LogP contribution in [0.3, 0.4) is 0 Å². The number of aromatic nitrogens is 1. The third-order valence-electron chi connectivity index (χ3n) is 4.93. The summed E-state index contributed by atoms with van der Waals surface area (Å²) in [5.41, 5.74) is 5.70. The van der Waals surface area contributed by atoms with Crippen molar-refractivity contribution in [1.82, 2.24) is 4.98 Å². The van der Waals surface area contributed by atoms with E-state index in [4.69, 9.17) is 26.1 Å². The maximum Gasteiger partial charge on any atom is 0.185 e. The SMILES string of the molecule is Cc1nc(CC2CCc3c(Br)cccc32)c(Cl)cc1C1OCCO1. The third kappa shape index (κ3) is 3.01. The van der Waals surface area contributed by atoms with Crippen LogP contribution in [0.5, 0.6) is 0 Å². The van der Waals surface area contributed by atoms with Crippen LogP contribution in [0.25, 0.3) is 0 Å². The number of rotatable bonds is 3. The van der Waals surface area contributed by atoms with Crippen molar-refractivity contribution in [1.29, 1.82) is 0 Å². The highest BCUT2D eigenvalue weighted by Crippen LogP contribution is 2.40. The van der Waals surface area contributed by atoms with Gasteiger partial charge in [0.1, 0.15) is 0 Å². The zero-order valence-corrected chi connectivity index (χ0v) is 15.9. The summed E-state index contributed by atoms with van der Waals surface area (Å²) in [6.45, 7) is 3.24. The summed E-state index contributed by atoms with van der Waals surface area (Å²) in [6, 6.07) is 8.42. The Balaban J connectivity index is 1.60. The number of halogens is 2. The molecule has 2 heterocycles. The Morgan fingerprint density at radius 1 is 1.25 bits per heavy atom. The molecule has 1 aliphatic carbocycles. The number of pyridine rings is 1. The average Bonchev–Trinajstić information content (AvgIpc) is 3.21. The van der Waals surface area contributed by atoms with Gasteiger partial charge in [0.2, 0.25) is 0 Å². The van der Waals surface area contributed by atoms with E-state index in [0.717, 1.165) is 36.2 Å². The molecule has 0 saturated carbocycles. The van der Waals surface area contributed by atoms with Gasteiger partial charge in [-0.05, 0) is 55.4 Å². The Hall–Kier alpha value is -0.940. The lowest BCUT2D eigenvalue weighted by molar-refractivity contribution is -0.0448. The lowest BCUT2D eigenvalue weighted by Gasteiger charge is -2.17. The predicted molar refractivity (Wildman–Crippen MR) is 97.5 cm³/mol. The topological polar surface area (TPSA) is 31.4 Å². The van der Waals surface area contributed by atoms with Crippen LogP contribution in [0.1, 0.15) is 46.7 Å². The Kier molecular flexibility index (Phi) is 4.65. The van der Waals surface area contributed by atoms with Crippen LogP contribution in [0.4, 0.5) is 0 Å². The van der Waals surface area contributed by atoms with Crippen LogP contribution in [-0.4, -0.2) is 18.2 Å². The van der Waals surface area contributed by atoms with E-state index in [9.17, 15) is 0 Å². The average molecular weight is 409 g/mol. The molecule has 5 heteroatoms. The van der Waals surface area contributed by atoms with Crippen molar-refractivity contribution in [3.8, 4) is 0 Å². The minimum Gasteiger partial charge on any atom is -0.346 e. The van der Waals surface area contributed by atoms with E-state index >= 15 is 0 Å². The smallest absolute Gasteiger partial charge is 0.185 e. The van der Waals surface area contributed by atoms with Crippen molar-refractivity contribution < 1.29 is 9.47 Å². The first-order valence-corrected chi connectivity index (χ1v) is 9.47. The van der Waals surface area contributed by atoms with E-state index in [1.165, 1.54) is 15.6 Å². The Morgan fingerprint density at radius 3 is 2.83 bits per heavy atom. The molecule has 2 aliphatic rings. The van der Waals surface area contributed by atoms with E-state index in [0.29, 0.717) is 24.2 Å². The molecule has 0 radical (unpaired) electrons. The van der Waals surface area contributed by atoms with Crippen molar-refractivity contribution in [2.24, 2.45) is 0 Å². The van der Waals surface area contributed by atoms with Crippen LogP contribution in [-0.2, 0) is 22.3 Å². The molecule has 0 bridgehead atoms. The van der Waals surface area contributed by atoms with Crippen molar-refractivity contribution >= 4 is 27.5 Å². The lowest BCUT2D eigenvalue weighted by atomic mass is 9.95. The van der Waals surface area contributed by atoms with Crippen molar-refractivity contribution in [3.05, 3.63) is 61.8 Å². The summed E-state index contributed by atoms with van der Waals surface area (Å²) in [5.74, 6) is 0.478. The van der Waals surface area contributed by atoms with Gasteiger partial charge in [-0.25, -0.2) is 0 Å². The van der Waals surface area contributed by atoms with Crippen LogP contribution in [0.2, 0.25) is 5.02 Å². The van der Waals surface area contributed by atoms with Gasteiger partial charge in [0.25, 0.3) is 0 Å². The molecule has 1 aliphatic heterocycles. The van der Waals surface area contributed by atoms with E-state index in [-0.39, 0.29) is 6.29 Å². The molecule has 0 N–H and O–H groups in total. The fourth-order valence-corrected chi connectivity index (χ4v) is 4.52. The summed E-state index contributed by atoms with van der Waals surface area (Å²) in [7, 11) is 0. The predicted octanol–water partition coefficient (Wildman–Crippen LogP) is 5.12. The number of aryl methyl sites for hydroxylation is 1. The molecular weight excluding hydrogens is 390 g/mol. The fraction of sp³-hybridized carbons (Fsp3) is 0.421. The molecule has 1 atom stereocenters. The molecule has 0 amide bonds. The highest BCUT2D eigenvalue weighted by molar-refractivity contribution is 9.10. The highest BCUT2D eigenvalue weighted by atomic mass is 79.9. The fourth-order valence-electron chi connectivity index (χ4n) is 3.71. The minimum atomic E-state index is -0.327. The summed E-state index contributed by atoms with van der Waals surface area (Å²) < 4.78 is 12.4. The van der Waals surface area contributed by atoms with Crippen molar-refractivity contribution in [2.45, 2.75) is 38.4 Å². The summed E-state index contributed by atoms with van der Waals surface area (Å²) in [6.07, 6.45) is 2.80. The molecule has 1 aromatic heterocycles. The molecule has 3 nitrogen and oxygen atoms in total. The number of hydrogen-bond acceptors (Lipinski definition) is 3. The summed E-state index contributed by atoms with van der Waals surface area (Å²) in [5, 5.41) is 0.707. The first-order valence-electron chi connectivity index (χ1n) is 8.30. The molecule has 0 spiro atoms. The Labute approximate surface area is 155 Å². The monoisotopic (exact) mass is 407 g/mol. The molecule has 1 saturated heterocycles. The van der Waals surface area contributed by atoms with Crippen molar-refractivity contribution in [3.63, 3.8) is 0 Å². The highest BCUT2D eigenvalue weighted by Gasteiger charge is 2.27. The Bertz CT molecular complexity index is 774. The summed E-state index contributed by atoms with van der Waals surface area (Å²) in [4.78, 5) is 4.77. The van der Waals surface area contributed by atoms with Gasteiger partial charge >= 0.3 is 0 Å². The minimum absolute atomic E-state index is 0.327. The number of benzene rings is 1. The molecule has 1 unspecified atom stereocenters. The number of fused-ring (bicyclic) bond motifs is 1. The van der Waals surface area contributed by atoms with E-state index < -0.39 is 0 Å². The van der Waals surface area contributed by atoms with Crippen LogP contribution in [0.15, 0.2) is 28.7 Å². The number of nitrogens with zero attached hydrogens (tertiary/aromatic N) is 1. The van der Waals surface area contributed by atoms with Gasteiger partial charge in [0, 0.05) is 15.7 Å². The third-order valence-corrected chi connectivity index (χ3v) is 6.00. The van der Waals surface area contributed by atoms with Gasteiger partial charge in [0.15, 0.2) is 6.29 Å². The largest absolute Gasteiger partial charge is 0.346 e. The Morgan fingerprint density at radius 2 is 2.04 bits per heavy atom. The molecule has 1 aromatic carbocycles. The van der Waals surface area contributed by atoms with Crippen LogP contribution >= 0.6 is 27.5 Å². The van der Waals surface area contributed by atoms with E-state index in [1.807, 2.05) is 13.0 Å². The van der Waals surface area contributed by atoms with Crippen LogP contribution < -0.4 is 0 Å².